The van der Waals surface area contributed by atoms with Crippen molar-refractivity contribution in [1.29, 1.82) is 0 Å². The van der Waals surface area contributed by atoms with Crippen molar-refractivity contribution >= 4 is 11.9 Å². The number of carboxylic acids is 2. The summed E-state index contributed by atoms with van der Waals surface area (Å²) < 4.78 is 10.0. The van der Waals surface area contributed by atoms with Crippen molar-refractivity contribution in [3.8, 4) is 0 Å². The zero-order valence-electron chi connectivity index (χ0n) is 10.0. The van der Waals surface area contributed by atoms with Gasteiger partial charge in [0.05, 0.1) is 17.7 Å². The Kier molecular flexibility index (Phi) is 4.82. The first-order chi connectivity index (χ1) is 8.52. The predicted molar refractivity (Wildman–Crippen MR) is 62.0 cm³/mol. The van der Waals surface area contributed by atoms with Crippen LogP contribution in [0.2, 0.25) is 0 Å². The number of carboxylic acid groups (broad SMARTS) is 2. The van der Waals surface area contributed by atoms with Crippen LogP contribution in [0.5, 0.6) is 0 Å². The first-order valence-corrected chi connectivity index (χ1v) is 5.14. The lowest BCUT2D eigenvalue weighted by Gasteiger charge is -2.17. The van der Waals surface area contributed by atoms with Gasteiger partial charge in [0.25, 0.3) is 0 Å². The molecular formula is C12H14O6. The zero-order chi connectivity index (χ0) is 13.7. The summed E-state index contributed by atoms with van der Waals surface area (Å²) in [5, 5.41) is 18.1. The number of aromatic carboxylic acids is 2. The van der Waals surface area contributed by atoms with Crippen LogP contribution < -0.4 is 0 Å². The minimum atomic E-state index is -1.30. The SMILES string of the molecule is COCC(OC)c1cccc(C(=O)O)c1C(=O)O. The normalized spacial score (nSPS) is 12.1. The number of ether oxygens (including phenoxy) is 2. The Balaban J connectivity index is 3.38. The van der Waals surface area contributed by atoms with Crippen LogP contribution in [0, 0.1) is 0 Å². The second kappa shape index (κ2) is 6.13. The molecule has 1 aromatic rings. The van der Waals surface area contributed by atoms with Gasteiger partial charge in [0.15, 0.2) is 0 Å². The molecule has 1 atom stereocenters. The Labute approximate surface area is 104 Å². The second-order valence-electron chi connectivity index (χ2n) is 3.56. The maximum atomic E-state index is 11.2. The van der Waals surface area contributed by atoms with E-state index in [2.05, 4.69) is 0 Å². The topological polar surface area (TPSA) is 93.1 Å². The molecule has 6 nitrogen and oxygen atoms in total. The van der Waals surface area contributed by atoms with Crippen LogP contribution in [0.1, 0.15) is 32.4 Å². The lowest BCUT2D eigenvalue weighted by molar-refractivity contribution is 0.0261. The fourth-order valence-electron chi connectivity index (χ4n) is 1.69. The molecule has 0 aliphatic heterocycles. The maximum absolute atomic E-state index is 11.2. The molecule has 6 heteroatoms. The van der Waals surface area contributed by atoms with Gasteiger partial charge in [-0.2, -0.15) is 0 Å². The molecule has 2 N–H and O–H groups in total. The van der Waals surface area contributed by atoms with Gasteiger partial charge >= 0.3 is 11.9 Å². The van der Waals surface area contributed by atoms with E-state index < -0.39 is 18.0 Å². The molecule has 1 rings (SSSR count). The first-order valence-electron chi connectivity index (χ1n) is 5.14. The fraction of sp³-hybridized carbons (Fsp3) is 0.333. The summed E-state index contributed by atoms with van der Waals surface area (Å²) in [6.07, 6.45) is -0.625. The molecule has 0 aromatic heterocycles. The lowest BCUT2D eigenvalue weighted by Crippen LogP contribution is -2.17. The number of carbonyl (C=O) groups is 2. The van der Waals surface area contributed by atoms with Crippen molar-refractivity contribution in [2.75, 3.05) is 20.8 Å². The Hall–Kier alpha value is -1.92. The van der Waals surface area contributed by atoms with Gasteiger partial charge in [0, 0.05) is 14.2 Å². The molecule has 1 aromatic carbocycles. The van der Waals surface area contributed by atoms with Gasteiger partial charge in [-0.15, -0.1) is 0 Å². The molecule has 0 spiro atoms. The monoisotopic (exact) mass is 254 g/mol. The average Bonchev–Trinajstić information content (AvgIpc) is 2.34. The summed E-state index contributed by atoms with van der Waals surface area (Å²) in [5.74, 6) is -2.59. The van der Waals surface area contributed by atoms with E-state index in [9.17, 15) is 9.59 Å². The van der Waals surface area contributed by atoms with Crippen LogP contribution in [-0.4, -0.2) is 43.0 Å². The quantitative estimate of drug-likeness (QED) is 0.797. The molecule has 98 valence electrons. The number of hydrogen-bond acceptors (Lipinski definition) is 4. The molecule has 0 saturated carbocycles. The van der Waals surface area contributed by atoms with Crippen LogP contribution >= 0.6 is 0 Å². The lowest BCUT2D eigenvalue weighted by atomic mass is 9.97. The van der Waals surface area contributed by atoms with E-state index in [0.717, 1.165) is 0 Å². The standard InChI is InChI=1S/C12H14O6/c1-17-6-9(18-2)7-4-3-5-8(11(13)14)10(7)12(15)16/h3-5,9H,6H2,1-2H3,(H,13,14)(H,15,16). The minimum Gasteiger partial charge on any atom is -0.478 e. The summed E-state index contributed by atoms with van der Waals surface area (Å²) in [5.41, 5.74) is -0.251. The smallest absolute Gasteiger partial charge is 0.336 e. The number of rotatable bonds is 6. The fourth-order valence-corrected chi connectivity index (χ4v) is 1.69. The molecule has 0 fully saturated rings. The molecule has 1 unspecified atom stereocenters. The van der Waals surface area contributed by atoms with Gasteiger partial charge in [-0.05, 0) is 11.6 Å². The van der Waals surface area contributed by atoms with Crippen LogP contribution in [-0.2, 0) is 9.47 Å². The molecule has 0 radical (unpaired) electrons. The molecule has 0 aliphatic carbocycles. The summed E-state index contributed by atoms with van der Waals surface area (Å²) >= 11 is 0. The third kappa shape index (κ3) is 2.85. The Morgan fingerprint density at radius 1 is 1.22 bits per heavy atom. The van der Waals surface area contributed by atoms with Crippen molar-refractivity contribution in [3.05, 3.63) is 34.9 Å². The highest BCUT2D eigenvalue weighted by Gasteiger charge is 2.24. The molecule has 18 heavy (non-hydrogen) atoms. The predicted octanol–water partition coefficient (Wildman–Crippen LogP) is 1.42. The van der Waals surface area contributed by atoms with Crippen molar-refractivity contribution < 1.29 is 29.3 Å². The molecule has 0 heterocycles. The van der Waals surface area contributed by atoms with Crippen LogP contribution in [0.15, 0.2) is 18.2 Å². The van der Waals surface area contributed by atoms with Gasteiger partial charge in [0.2, 0.25) is 0 Å². The third-order valence-electron chi connectivity index (χ3n) is 2.49. The van der Waals surface area contributed by atoms with Crippen LogP contribution in [0.4, 0.5) is 0 Å². The van der Waals surface area contributed by atoms with E-state index in [1.165, 1.54) is 32.4 Å². The average molecular weight is 254 g/mol. The van der Waals surface area contributed by atoms with Crippen molar-refractivity contribution in [2.45, 2.75) is 6.10 Å². The van der Waals surface area contributed by atoms with Gasteiger partial charge in [-0.1, -0.05) is 12.1 Å². The minimum absolute atomic E-state index is 0.139. The van der Waals surface area contributed by atoms with E-state index in [1.807, 2.05) is 0 Å². The number of benzene rings is 1. The highest BCUT2D eigenvalue weighted by Crippen LogP contribution is 2.24. The summed E-state index contributed by atoms with van der Waals surface area (Å²) in [6, 6.07) is 4.24. The third-order valence-corrected chi connectivity index (χ3v) is 2.49. The molecule has 0 amide bonds. The first kappa shape index (κ1) is 14.1. The van der Waals surface area contributed by atoms with E-state index >= 15 is 0 Å². The van der Waals surface area contributed by atoms with Crippen molar-refractivity contribution in [2.24, 2.45) is 0 Å². The van der Waals surface area contributed by atoms with Gasteiger partial charge < -0.3 is 19.7 Å². The molecule has 0 bridgehead atoms. The van der Waals surface area contributed by atoms with Gasteiger partial charge in [0.1, 0.15) is 6.10 Å². The molecular weight excluding hydrogens is 240 g/mol. The Morgan fingerprint density at radius 2 is 1.89 bits per heavy atom. The summed E-state index contributed by atoms with van der Waals surface area (Å²) in [7, 11) is 2.86. The van der Waals surface area contributed by atoms with E-state index in [-0.39, 0.29) is 23.3 Å². The Bertz CT molecular complexity index is 454. The number of methoxy groups -OCH3 is 2. The van der Waals surface area contributed by atoms with Crippen LogP contribution in [0.25, 0.3) is 0 Å². The highest BCUT2D eigenvalue weighted by atomic mass is 16.5. The number of hydrogen-bond donors (Lipinski definition) is 2. The van der Waals surface area contributed by atoms with Gasteiger partial charge in [-0.25, -0.2) is 9.59 Å². The molecule has 0 saturated heterocycles. The summed E-state index contributed by atoms with van der Waals surface area (Å²) in [6.45, 7) is 0.139. The van der Waals surface area contributed by atoms with E-state index in [4.69, 9.17) is 19.7 Å². The van der Waals surface area contributed by atoms with E-state index in [1.54, 1.807) is 0 Å². The largest absolute Gasteiger partial charge is 0.478 e. The maximum Gasteiger partial charge on any atom is 0.336 e. The second-order valence-corrected chi connectivity index (χ2v) is 3.56. The van der Waals surface area contributed by atoms with Crippen LogP contribution in [0.3, 0.4) is 0 Å². The molecule has 0 aliphatic rings. The van der Waals surface area contributed by atoms with Crippen molar-refractivity contribution in [1.82, 2.24) is 0 Å². The Morgan fingerprint density at radius 3 is 2.33 bits per heavy atom. The van der Waals surface area contributed by atoms with E-state index in [0.29, 0.717) is 0 Å². The van der Waals surface area contributed by atoms with Crippen molar-refractivity contribution in [3.63, 3.8) is 0 Å². The summed E-state index contributed by atoms with van der Waals surface area (Å²) in [4.78, 5) is 22.2. The van der Waals surface area contributed by atoms with Gasteiger partial charge in [-0.3, -0.25) is 0 Å². The zero-order valence-corrected chi connectivity index (χ0v) is 10.0. The highest BCUT2D eigenvalue weighted by molar-refractivity contribution is 6.02.